The molecular weight excluding hydrogens is 310 g/mol. The second-order valence-corrected chi connectivity index (χ2v) is 6.40. The minimum atomic E-state index is -0.00388. The van der Waals surface area contributed by atoms with Crippen LogP contribution in [0.1, 0.15) is 24.3 Å². The van der Waals surface area contributed by atoms with Crippen LogP contribution in [0.2, 0.25) is 0 Å². The molecule has 1 saturated carbocycles. The molecule has 2 unspecified atom stereocenters. The predicted molar refractivity (Wildman–Crippen MR) is 83.1 cm³/mol. The molecule has 2 atom stereocenters. The highest BCUT2D eigenvalue weighted by atomic mass is 16.6. The summed E-state index contributed by atoms with van der Waals surface area (Å²) >= 11 is 0. The maximum absolute atomic E-state index is 12.9. The Morgan fingerprint density at radius 2 is 2.04 bits per heavy atom. The Balaban J connectivity index is 1.35. The molecule has 1 aromatic carbocycles. The van der Waals surface area contributed by atoms with Gasteiger partial charge in [0.2, 0.25) is 5.91 Å². The number of fused-ring (bicyclic) bond motifs is 2. The van der Waals surface area contributed by atoms with Gasteiger partial charge in [-0.05, 0) is 46.9 Å². The molecule has 2 aromatic rings. The highest BCUT2D eigenvalue weighted by Crippen LogP contribution is 2.50. The number of rotatable bonds is 2. The number of hydrogen-bond acceptors (Lipinski definition) is 6. The van der Waals surface area contributed by atoms with E-state index >= 15 is 0 Å². The molecule has 1 amide bonds. The summed E-state index contributed by atoms with van der Waals surface area (Å²) in [5.41, 5.74) is 1.13. The van der Waals surface area contributed by atoms with E-state index in [2.05, 4.69) is 15.5 Å². The van der Waals surface area contributed by atoms with Crippen LogP contribution < -0.4 is 14.4 Å². The Kier molecular flexibility index (Phi) is 2.97. The van der Waals surface area contributed by atoms with Gasteiger partial charge in [0, 0.05) is 19.0 Å². The normalized spacial score (nSPS) is 24.4. The maximum Gasteiger partial charge on any atom is 0.252 e. The Morgan fingerprint density at radius 1 is 1.17 bits per heavy atom. The number of ether oxygens (including phenoxy) is 2. The predicted octanol–water partition coefficient (Wildman–Crippen LogP) is 0.985. The molecule has 0 N–H and O–H groups in total. The SMILES string of the molecule is O=C(C1CC1c1ccc2c(c1)OCCO2)N1CCCn2nnnc21. The monoisotopic (exact) mass is 327 g/mol. The number of tetrazole rings is 1. The lowest BCUT2D eigenvalue weighted by molar-refractivity contribution is -0.120. The van der Waals surface area contributed by atoms with Crippen molar-refractivity contribution in [3.8, 4) is 11.5 Å². The van der Waals surface area contributed by atoms with Gasteiger partial charge in [0.15, 0.2) is 11.5 Å². The van der Waals surface area contributed by atoms with Gasteiger partial charge < -0.3 is 9.47 Å². The summed E-state index contributed by atoms with van der Waals surface area (Å²) in [7, 11) is 0. The molecule has 3 heterocycles. The molecule has 0 saturated heterocycles. The number of nitrogens with zero attached hydrogens (tertiary/aromatic N) is 5. The van der Waals surface area contributed by atoms with Gasteiger partial charge in [-0.15, -0.1) is 0 Å². The van der Waals surface area contributed by atoms with Gasteiger partial charge in [-0.3, -0.25) is 9.69 Å². The van der Waals surface area contributed by atoms with Crippen molar-refractivity contribution in [2.24, 2.45) is 5.92 Å². The van der Waals surface area contributed by atoms with Crippen molar-refractivity contribution in [2.45, 2.75) is 25.3 Å². The number of anilines is 1. The summed E-state index contributed by atoms with van der Waals surface area (Å²) in [4.78, 5) is 14.6. The molecule has 1 aromatic heterocycles. The standard InChI is InChI=1S/C16H17N5O3/c22-15(20-4-1-5-21-16(20)17-18-19-21)12-9-11(12)10-2-3-13-14(8-10)24-7-6-23-13/h2-3,8,11-12H,1,4-7,9H2. The van der Waals surface area contributed by atoms with Gasteiger partial charge >= 0.3 is 0 Å². The number of aromatic nitrogens is 4. The number of aryl methyl sites for hydroxylation is 1. The van der Waals surface area contributed by atoms with Gasteiger partial charge in [-0.1, -0.05) is 11.2 Å². The zero-order valence-corrected chi connectivity index (χ0v) is 13.1. The van der Waals surface area contributed by atoms with E-state index in [1.54, 1.807) is 9.58 Å². The van der Waals surface area contributed by atoms with Crippen molar-refractivity contribution < 1.29 is 14.3 Å². The quantitative estimate of drug-likeness (QED) is 0.818. The molecule has 0 radical (unpaired) electrons. The highest BCUT2D eigenvalue weighted by Gasteiger charge is 2.47. The largest absolute Gasteiger partial charge is 0.486 e. The summed E-state index contributed by atoms with van der Waals surface area (Å²) in [6.07, 6.45) is 1.74. The van der Waals surface area contributed by atoms with Crippen molar-refractivity contribution in [3.05, 3.63) is 23.8 Å². The van der Waals surface area contributed by atoms with E-state index in [0.717, 1.165) is 36.4 Å². The van der Waals surface area contributed by atoms with Crippen LogP contribution in [0.4, 0.5) is 5.95 Å². The van der Waals surface area contributed by atoms with Crippen LogP contribution in [0.3, 0.4) is 0 Å². The van der Waals surface area contributed by atoms with Crippen LogP contribution in [-0.4, -0.2) is 45.9 Å². The molecule has 3 aliphatic rings. The maximum atomic E-state index is 12.9. The molecule has 0 bridgehead atoms. The third kappa shape index (κ3) is 2.13. The third-order valence-electron chi connectivity index (χ3n) is 4.87. The smallest absolute Gasteiger partial charge is 0.252 e. The van der Waals surface area contributed by atoms with E-state index in [1.165, 1.54) is 0 Å². The Labute approximate surface area is 138 Å². The first-order valence-corrected chi connectivity index (χ1v) is 8.28. The fourth-order valence-corrected chi connectivity index (χ4v) is 3.55. The second-order valence-electron chi connectivity index (χ2n) is 6.40. The number of carbonyl (C=O) groups is 1. The molecule has 24 heavy (non-hydrogen) atoms. The lowest BCUT2D eigenvalue weighted by atomic mass is 10.1. The average Bonchev–Trinajstić information content (AvgIpc) is 3.29. The van der Waals surface area contributed by atoms with Crippen LogP contribution >= 0.6 is 0 Å². The van der Waals surface area contributed by atoms with E-state index in [-0.39, 0.29) is 17.7 Å². The van der Waals surface area contributed by atoms with Gasteiger partial charge in [0.05, 0.1) is 0 Å². The number of benzene rings is 1. The van der Waals surface area contributed by atoms with Gasteiger partial charge in [-0.25, -0.2) is 4.68 Å². The number of carbonyl (C=O) groups excluding carboxylic acids is 1. The topological polar surface area (TPSA) is 82.4 Å². The Bertz CT molecular complexity index is 805. The first-order valence-electron chi connectivity index (χ1n) is 8.28. The zero-order valence-electron chi connectivity index (χ0n) is 13.1. The van der Waals surface area contributed by atoms with Gasteiger partial charge in [0.1, 0.15) is 13.2 Å². The molecular formula is C16H17N5O3. The van der Waals surface area contributed by atoms with Crippen molar-refractivity contribution in [1.29, 1.82) is 0 Å². The fraction of sp³-hybridized carbons (Fsp3) is 0.500. The highest BCUT2D eigenvalue weighted by molar-refractivity contribution is 5.96. The molecule has 1 aliphatic carbocycles. The van der Waals surface area contributed by atoms with Gasteiger partial charge in [-0.2, -0.15) is 0 Å². The second kappa shape index (κ2) is 5.19. The molecule has 5 rings (SSSR count). The van der Waals surface area contributed by atoms with Crippen LogP contribution in [0.5, 0.6) is 11.5 Å². The van der Waals surface area contributed by atoms with E-state index in [1.807, 2.05) is 18.2 Å². The van der Waals surface area contributed by atoms with Crippen molar-refractivity contribution in [1.82, 2.24) is 20.2 Å². The molecule has 124 valence electrons. The van der Waals surface area contributed by atoms with E-state index in [0.29, 0.717) is 25.7 Å². The lowest BCUT2D eigenvalue weighted by Crippen LogP contribution is -2.39. The summed E-state index contributed by atoms with van der Waals surface area (Å²) in [6, 6.07) is 5.98. The lowest BCUT2D eigenvalue weighted by Gasteiger charge is -2.25. The third-order valence-corrected chi connectivity index (χ3v) is 4.87. The first kappa shape index (κ1) is 13.8. The molecule has 2 aliphatic heterocycles. The van der Waals surface area contributed by atoms with E-state index in [9.17, 15) is 4.79 Å². The number of hydrogen-bond donors (Lipinski definition) is 0. The van der Waals surface area contributed by atoms with Crippen LogP contribution in [0.25, 0.3) is 0 Å². The van der Waals surface area contributed by atoms with Gasteiger partial charge in [0.25, 0.3) is 5.95 Å². The van der Waals surface area contributed by atoms with Crippen LogP contribution in [0, 0.1) is 5.92 Å². The molecule has 8 heteroatoms. The fourth-order valence-electron chi connectivity index (χ4n) is 3.55. The molecule has 8 nitrogen and oxygen atoms in total. The summed E-state index contributed by atoms with van der Waals surface area (Å²) < 4.78 is 12.9. The summed E-state index contributed by atoms with van der Waals surface area (Å²) in [6.45, 7) is 2.60. The summed E-state index contributed by atoms with van der Waals surface area (Å²) in [5, 5.41) is 11.6. The van der Waals surface area contributed by atoms with Crippen LogP contribution in [-0.2, 0) is 11.3 Å². The average molecular weight is 327 g/mol. The minimum absolute atomic E-state index is 0.00388. The van der Waals surface area contributed by atoms with E-state index in [4.69, 9.17) is 9.47 Å². The Hall–Kier alpha value is -2.64. The van der Waals surface area contributed by atoms with E-state index < -0.39 is 0 Å². The first-order chi connectivity index (χ1) is 11.8. The molecule has 0 spiro atoms. The molecule has 1 fully saturated rings. The zero-order chi connectivity index (χ0) is 16.1. The van der Waals surface area contributed by atoms with Crippen LogP contribution in [0.15, 0.2) is 18.2 Å². The minimum Gasteiger partial charge on any atom is -0.486 e. The van der Waals surface area contributed by atoms with Crippen molar-refractivity contribution >= 4 is 11.9 Å². The Morgan fingerprint density at radius 3 is 2.96 bits per heavy atom. The van der Waals surface area contributed by atoms with Crippen molar-refractivity contribution in [2.75, 3.05) is 24.7 Å². The number of amides is 1. The summed E-state index contributed by atoms with van der Waals surface area (Å²) in [5.74, 6) is 2.47. The van der Waals surface area contributed by atoms with Crippen molar-refractivity contribution in [3.63, 3.8) is 0 Å².